The van der Waals surface area contributed by atoms with Crippen LogP contribution in [0.2, 0.25) is 0 Å². The molecule has 1 atom stereocenters. The van der Waals surface area contributed by atoms with Gasteiger partial charge in [-0.15, -0.1) is 17.0 Å². The first-order valence-electron chi connectivity index (χ1n) is 2.83. The zero-order valence-electron chi connectivity index (χ0n) is 6.18. The fourth-order valence-corrected chi connectivity index (χ4v) is 0.544. The van der Waals surface area contributed by atoms with Crippen LogP contribution in [0.25, 0.3) is 0 Å². The van der Waals surface area contributed by atoms with Gasteiger partial charge in [0.1, 0.15) is 6.04 Å². The minimum atomic E-state index is -4.44. The highest BCUT2D eigenvalue weighted by molar-refractivity contribution is 8.93. The van der Waals surface area contributed by atoms with Gasteiger partial charge in [-0.3, -0.25) is 4.79 Å². The number of carboxylic acid groups (broad SMARTS) is 1. The zero-order chi connectivity index (χ0) is 9.07. The maximum Gasteiger partial charge on any atom is 0.391 e. The summed E-state index contributed by atoms with van der Waals surface area (Å²) in [4.78, 5) is 10.0. The van der Waals surface area contributed by atoms with Crippen molar-refractivity contribution in [2.75, 3.05) is 7.05 Å². The van der Waals surface area contributed by atoms with Gasteiger partial charge in [0, 0.05) is 0 Å². The topological polar surface area (TPSA) is 49.3 Å². The van der Waals surface area contributed by atoms with E-state index in [1.807, 2.05) is 5.32 Å². The predicted octanol–water partition coefficient (Wildman–Crippen LogP) is 1.19. The third kappa shape index (κ3) is 6.41. The van der Waals surface area contributed by atoms with Crippen LogP contribution in [0.3, 0.4) is 0 Å². The lowest BCUT2D eigenvalue weighted by molar-refractivity contribution is -0.158. The lowest BCUT2D eigenvalue weighted by Gasteiger charge is -2.12. The average Bonchev–Trinajstić information content (AvgIpc) is 1.80. The Balaban J connectivity index is 0. The maximum absolute atomic E-state index is 11.5. The molecular formula is C5H9BrF3NO2. The number of aliphatic carboxylic acids is 1. The highest BCUT2D eigenvalue weighted by Gasteiger charge is 2.34. The van der Waals surface area contributed by atoms with Crippen molar-refractivity contribution in [3.05, 3.63) is 0 Å². The summed E-state index contributed by atoms with van der Waals surface area (Å²) in [6.45, 7) is 0. The fraction of sp³-hybridized carbons (Fsp3) is 0.800. The molecule has 0 bridgehead atoms. The van der Waals surface area contributed by atoms with Crippen LogP contribution in [-0.4, -0.2) is 30.3 Å². The molecule has 0 aromatic heterocycles. The van der Waals surface area contributed by atoms with Crippen LogP contribution in [0.1, 0.15) is 6.42 Å². The van der Waals surface area contributed by atoms with Gasteiger partial charge in [-0.05, 0) is 7.05 Å². The Hall–Kier alpha value is -0.300. The Labute approximate surface area is 77.7 Å². The van der Waals surface area contributed by atoms with Crippen LogP contribution in [-0.2, 0) is 4.79 Å². The molecule has 12 heavy (non-hydrogen) atoms. The van der Waals surface area contributed by atoms with Gasteiger partial charge in [-0.1, -0.05) is 0 Å². The summed E-state index contributed by atoms with van der Waals surface area (Å²) >= 11 is 0. The van der Waals surface area contributed by atoms with Gasteiger partial charge in [0.15, 0.2) is 0 Å². The molecule has 1 unspecified atom stereocenters. The number of hydrogen-bond donors (Lipinski definition) is 2. The summed E-state index contributed by atoms with van der Waals surface area (Å²) in [7, 11) is 1.17. The molecule has 3 nitrogen and oxygen atoms in total. The smallest absolute Gasteiger partial charge is 0.391 e. The van der Waals surface area contributed by atoms with E-state index in [1.54, 1.807) is 0 Å². The van der Waals surface area contributed by atoms with E-state index < -0.39 is 24.6 Å². The first-order chi connectivity index (χ1) is 4.87. The van der Waals surface area contributed by atoms with Crippen molar-refractivity contribution in [2.24, 2.45) is 0 Å². The van der Waals surface area contributed by atoms with Gasteiger partial charge in [0.2, 0.25) is 0 Å². The molecule has 0 saturated carbocycles. The van der Waals surface area contributed by atoms with E-state index in [2.05, 4.69) is 0 Å². The van der Waals surface area contributed by atoms with E-state index in [4.69, 9.17) is 5.11 Å². The normalized spacial score (nSPS) is 13.3. The zero-order valence-corrected chi connectivity index (χ0v) is 7.90. The fourth-order valence-electron chi connectivity index (χ4n) is 0.544. The SMILES string of the molecule is Br.CNC(CC(F)(F)F)C(=O)O. The molecule has 0 aliphatic heterocycles. The molecule has 0 aromatic carbocycles. The van der Waals surface area contributed by atoms with Crippen LogP contribution in [0.5, 0.6) is 0 Å². The highest BCUT2D eigenvalue weighted by Crippen LogP contribution is 2.21. The molecule has 2 N–H and O–H groups in total. The summed E-state index contributed by atoms with van der Waals surface area (Å²) in [6, 6.07) is -1.55. The first-order valence-corrected chi connectivity index (χ1v) is 2.83. The van der Waals surface area contributed by atoms with Gasteiger partial charge in [-0.25, -0.2) is 0 Å². The Bertz CT molecular complexity index is 150. The van der Waals surface area contributed by atoms with E-state index in [-0.39, 0.29) is 17.0 Å². The Morgan fingerprint density at radius 2 is 2.00 bits per heavy atom. The van der Waals surface area contributed by atoms with E-state index in [0.29, 0.717) is 0 Å². The van der Waals surface area contributed by atoms with Crippen molar-refractivity contribution >= 4 is 23.0 Å². The standard InChI is InChI=1S/C5H8F3NO2.BrH/c1-9-3(4(10)11)2-5(6,7)8;/h3,9H,2H2,1H3,(H,10,11);1H. The second-order valence-electron chi connectivity index (χ2n) is 2.00. The van der Waals surface area contributed by atoms with E-state index in [1.165, 1.54) is 7.05 Å². The van der Waals surface area contributed by atoms with Gasteiger partial charge in [0.25, 0.3) is 0 Å². The molecule has 0 rings (SSSR count). The lowest BCUT2D eigenvalue weighted by Crippen LogP contribution is -2.37. The largest absolute Gasteiger partial charge is 0.480 e. The van der Waals surface area contributed by atoms with Gasteiger partial charge in [-0.2, -0.15) is 13.2 Å². The van der Waals surface area contributed by atoms with Crippen molar-refractivity contribution in [1.82, 2.24) is 5.32 Å². The number of carbonyl (C=O) groups is 1. The predicted molar refractivity (Wildman–Crippen MR) is 41.5 cm³/mol. The molecular weight excluding hydrogens is 243 g/mol. The molecule has 0 radical (unpaired) electrons. The summed E-state index contributed by atoms with van der Waals surface area (Å²) in [6.07, 6.45) is -5.79. The third-order valence-corrected chi connectivity index (χ3v) is 1.08. The molecule has 0 saturated heterocycles. The van der Waals surface area contributed by atoms with Crippen LogP contribution >= 0.6 is 17.0 Å². The number of hydrogen-bond acceptors (Lipinski definition) is 2. The summed E-state index contributed by atoms with van der Waals surface area (Å²) in [5.74, 6) is -1.50. The van der Waals surface area contributed by atoms with Gasteiger partial charge >= 0.3 is 12.1 Å². The quantitative estimate of drug-likeness (QED) is 0.793. The molecule has 0 heterocycles. The molecule has 74 valence electrons. The molecule has 0 spiro atoms. The summed E-state index contributed by atoms with van der Waals surface area (Å²) < 4.78 is 34.6. The average molecular weight is 252 g/mol. The van der Waals surface area contributed by atoms with Crippen molar-refractivity contribution in [1.29, 1.82) is 0 Å². The van der Waals surface area contributed by atoms with Crippen LogP contribution in [0.4, 0.5) is 13.2 Å². The lowest BCUT2D eigenvalue weighted by atomic mass is 10.2. The second kappa shape index (κ2) is 5.36. The number of halogens is 4. The maximum atomic E-state index is 11.5. The molecule has 0 aromatic rings. The number of nitrogens with one attached hydrogen (secondary N) is 1. The first kappa shape index (κ1) is 14.2. The van der Waals surface area contributed by atoms with Crippen LogP contribution in [0, 0.1) is 0 Å². The molecule has 7 heteroatoms. The number of alkyl halides is 3. The summed E-state index contributed by atoms with van der Waals surface area (Å²) in [5.41, 5.74) is 0. The Morgan fingerprint density at radius 3 is 2.08 bits per heavy atom. The molecule has 0 aliphatic rings. The van der Waals surface area contributed by atoms with Crippen LogP contribution in [0.15, 0.2) is 0 Å². The van der Waals surface area contributed by atoms with E-state index >= 15 is 0 Å². The van der Waals surface area contributed by atoms with Gasteiger partial charge in [0.05, 0.1) is 6.42 Å². The highest BCUT2D eigenvalue weighted by atomic mass is 79.9. The van der Waals surface area contributed by atoms with Crippen molar-refractivity contribution < 1.29 is 23.1 Å². The van der Waals surface area contributed by atoms with Crippen LogP contribution < -0.4 is 5.32 Å². The van der Waals surface area contributed by atoms with Crippen molar-refractivity contribution in [2.45, 2.75) is 18.6 Å². The van der Waals surface area contributed by atoms with E-state index in [0.717, 1.165) is 0 Å². The Morgan fingerprint density at radius 1 is 1.58 bits per heavy atom. The number of likely N-dealkylation sites (N-methyl/N-ethyl adjacent to an activating group) is 1. The monoisotopic (exact) mass is 251 g/mol. The number of carboxylic acids is 1. The summed E-state index contributed by atoms with van der Waals surface area (Å²) in [5, 5.41) is 10.2. The molecule has 0 fully saturated rings. The van der Waals surface area contributed by atoms with E-state index in [9.17, 15) is 18.0 Å². The van der Waals surface area contributed by atoms with Crippen molar-refractivity contribution in [3.63, 3.8) is 0 Å². The number of rotatable bonds is 3. The Kier molecular flexibility index (Phi) is 6.36. The second-order valence-corrected chi connectivity index (χ2v) is 2.00. The minimum Gasteiger partial charge on any atom is -0.480 e. The molecule has 0 aliphatic carbocycles. The minimum absolute atomic E-state index is 0. The van der Waals surface area contributed by atoms with Crippen molar-refractivity contribution in [3.8, 4) is 0 Å². The van der Waals surface area contributed by atoms with Gasteiger partial charge < -0.3 is 10.4 Å². The molecule has 0 amide bonds. The third-order valence-electron chi connectivity index (χ3n) is 1.08.